The first-order chi connectivity index (χ1) is 16.6. The van der Waals surface area contributed by atoms with E-state index in [1.807, 2.05) is 41.3 Å². The van der Waals surface area contributed by atoms with Crippen LogP contribution in [0.4, 0.5) is 0 Å². The molecule has 0 N–H and O–H groups in total. The Kier molecular flexibility index (Phi) is 6.94. The summed E-state index contributed by atoms with van der Waals surface area (Å²) in [6.45, 7) is 8.25. The van der Waals surface area contributed by atoms with Gasteiger partial charge in [-0.1, -0.05) is 54.2 Å². The SMILES string of the molecule is CCn1c(SCC(=O)N2CCN([C@H](C)c3nc4ccccc4s3)CC2)nnc1-c1ccccc1. The van der Waals surface area contributed by atoms with Crippen molar-refractivity contribution in [3.05, 3.63) is 59.6 Å². The minimum absolute atomic E-state index is 0.157. The van der Waals surface area contributed by atoms with E-state index in [4.69, 9.17) is 4.98 Å². The average Bonchev–Trinajstić information content (AvgIpc) is 3.51. The molecule has 0 saturated carbocycles. The molecule has 0 bridgehead atoms. The zero-order chi connectivity index (χ0) is 23.5. The van der Waals surface area contributed by atoms with E-state index in [0.717, 1.165) is 59.8 Å². The van der Waals surface area contributed by atoms with Gasteiger partial charge >= 0.3 is 0 Å². The molecule has 0 spiro atoms. The Labute approximate surface area is 207 Å². The molecule has 0 aliphatic carbocycles. The second kappa shape index (κ2) is 10.2. The summed E-state index contributed by atoms with van der Waals surface area (Å²) in [4.78, 5) is 22.2. The van der Waals surface area contributed by atoms with Crippen molar-refractivity contribution in [3.63, 3.8) is 0 Å². The van der Waals surface area contributed by atoms with Gasteiger partial charge in [-0.05, 0) is 26.0 Å². The summed E-state index contributed by atoms with van der Waals surface area (Å²) in [6, 6.07) is 18.6. The molecular weight excluding hydrogens is 464 g/mol. The van der Waals surface area contributed by atoms with Crippen molar-refractivity contribution in [2.75, 3.05) is 31.9 Å². The molecule has 0 radical (unpaired) electrons. The van der Waals surface area contributed by atoms with Crippen LogP contribution in [0.3, 0.4) is 0 Å². The van der Waals surface area contributed by atoms with E-state index >= 15 is 0 Å². The van der Waals surface area contributed by atoms with E-state index < -0.39 is 0 Å². The average molecular weight is 493 g/mol. The molecule has 5 rings (SSSR count). The van der Waals surface area contributed by atoms with Crippen LogP contribution < -0.4 is 0 Å². The molecule has 3 heterocycles. The number of carbonyl (C=O) groups excluding carboxylic acids is 1. The van der Waals surface area contributed by atoms with Crippen LogP contribution >= 0.6 is 23.1 Å². The van der Waals surface area contributed by atoms with Crippen LogP contribution in [0.15, 0.2) is 59.8 Å². The minimum Gasteiger partial charge on any atom is -0.339 e. The molecule has 0 unspecified atom stereocenters. The highest BCUT2D eigenvalue weighted by Crippen LogP contribution is 2.30. The Balaban J connectivity index is 1.16. The van der Waals surface area contributed by atoms with Crippen LogP contribution in [-0.4, -0.2) is 67.4 Å². The summed E-state index contributed by atoms with van der Waals surface area (Å²) >= 11 is 3.24. The van der Waals surface area contributed by atoms with Gasteiger partial charge in [0.1, 0.15) is 5.01 Å². The fraction of sp³-hybridized carbons (Fsp3) is 0.360. The molecule has 9 heteroatoms. The van der Waals surface area contributed by atoms with Crippen LogP contribution in [0, 0.1) is 0 Å². The van der Waals surface area contributed by atoms with Crippen LogP contribution in [0.2, 0.25) is 0 Å². The summed E-state index contributed by atoms with van der Waals surface area (Å²) in [6.07, 6.45) is 0. The lowest BCUT2D eigenvalue weighted by molar-refractivity contribution is -0.130. The van der Waals surface area contributed by atoms with E-state index in [1.165, 1.54) is 16.5 Å². The van der Waals surface area contributed by atoms with Crippen molar-refractivity contribution in [2.24, 2.45) is 0 Å². The summed E-state index contributed by atoms with van der Waals surface area (Å²) in [5, 5.41) is 10.7. The standard InChI is InChI=1S/C25H28N6OS2/c1-3-31-23(19-9-5-4-6-10-19)27-28-25(31)33-17-22(32)30-15-13-29(14-16-30)18(2)24-26-20-11-7-8-12-21(20)34-24/h4-12,18H,3,13-17H2,1-2H3/t18-/m1/s1. The van der Waals surface area contributed by atoms with Crippen LogP contribution in [-0.2, 0) is 11.3 Å². The van der Waals surface area contributed by atoms with E-state index in [0.29, 0.717) is 5.75 Å². The topological polar surface area (TPSA) is 67.2 Å². The smallest absolute Gasteiger partial charge is 0.233 e. The predicted molar refractivity (Wildman–Crippen MR) is 138 cm³/mol. The molecule has 4 aromatic rings. The van der Waals surface area contributed by atoms with E-state index in [9.17, 15) is 4.79 Å². The highest BCUT2D eigenvalue weighted by Gasteiger charge is 2.26. The maximum absolute atomic E-state index is 12.9. The number of nitrogens with zero attached hydrogens (tertiary/aromatic N) is 6. The van der Waals surface area contributed by atoms with Crippen molar-refractivity contribution in [2.45, 2.75) is 31.6 Å². The van der Waals surface area contributed by atoms with Crippen LogP contribution in [0.5, 0.6) is 0 Å². The van der Waals surface area contributed by atoms with Gasteiger partial charge in [0.05, 0.1) is 22.0 Å². The Hall–Kier alpha value is -2.75. The lowest BCUT2D eigenvalue weighted by atomic mass is 10.2. The zero-order valence-electron chi connectivity index (χ0n) is 19.4. The monoisotopic (exact) mass is 492 g/mol. The molecule has 176 valence electrons. The highest BCUT2D eigenvalue weighted by atomic mass is 32.2. The summed E-state index contributed by atoms with van der Waals surface area (Å²) in [5.74, 6) is 1.38. The molecule has 1 fully saturated rings. The first-order valence-electron chi connectivity index (χ1n) is 11.6. The molecule has 1 amide bonds. The lowest BCUT2D eigenvalue weighted by Gasteiger charge is -2.37. The van der Waals surface area contributed by atoms with Crippen molar-refractivity contribution < 1.29 is 4.79 Å². The van der Waals surface area contributed by atoms with Gasteiger partial charge in [0.25, 0.3) is 0 Å². The largest absolute Gasteiger partial charge is 0.339 e. The van der Waals surface area contributed by atoms with Crippen molar-refractivity contribution in [1.82, 2.24) is 29.5 Å². The number of para-hydroxylation sites is 1. The maximum Gasteiger partial charge on any atom is 0.233 e. The van der Waals surface area contributed by atoms with Gasteiger partial charge in [-0.25, -0.2) is 4.98 Å². The van der Waals surface area contributed by atoms with Gasteiger partial charge in [0.2, 0.25) is 5.91 Å². The summed E-state index contributed by atoms with van der Waals surface area (Å²) < 4.78 is 3.30. The van der Waals surface area contributed by atoms with Crippen molar-refractivity contribution in [1.29, 1.82) is 0 Å². The molecular formula is C25H28N6OS2. The van der Waals surface area contributed by atoms with Gasteiger partial charge in [-0.3, -0.25) is 9.69 Å². The van der Waals surface area contributed by atoms with Crippen molar-refractivity contribution in [3.8, 4) is 11.4 Å². The molecule has 1 aliphatic rings. The number of amides is 1. The number of piperazine rings is 1. The zero-order valence-corrected chi connectivity index (χ0v) is 21.1. The number of rotatable bonds is 7. The third-order valence-corrected chi connectivity index (χ3v) is 8.43. The Morgan fingerprint density at radius 1 is 1.03 bits per heavy atom. The van der Waals surface area contributed by atoms with Crippen LogP contribution in [0.25, 0.3) is 21.6 Å². The fourth-order valence-corrected chi connectivity index (χ4v) is 6.24. The van der Waals surface area contributed by atoms with Gasteiger partial charge in [-0.2, -0.15) is 0 Å². The summed E-state index contributed by atoms with van der Waals surface area (Å²) in [7, 11) is 0. The van der Waals surface area contributed by atoms with Crippen molar-refractivity contribution >= 4 is 39.2 Å². The second-order valence-corrected chi connectivity index (χ2v) is 10.3. The number of aromatic nitrogens is 4. The number of benzene rings is 2. The molecule has 1 atom stereocenters. The number of thiazole rings is 1. The number of hydrogen-bond acceptors (Lipinski definition) is 7. The van der Waals surface area contributed by atoms with Crippen LogP contribution in [0.1, 0.15) is 24.9 Å². The summed E-state index contributed by atoms with van der Waals surface area (Å²) in [5.41, 5.74) is 2.10. The number of thioether (sulfide) groups is 1. The Morgan fingerprint density at radius 2 is 1.76 bits per heavy atom. The molecule has 2 aromatic carbocycles. The Bertz CT molecular complexity index is 1230. The molecule has 7 nitrogen and oxygen atoms in total. The van der Waals surface area contributed by atoms with Gasteiger partial charge in [0, 0.05) is 38.3 Å². The lowest BCUT2D eigenvalue weighted by Crippen LogP contribution is -2.49. The molecule has 1 aliphatic heterocycles. The molecule has 2 aromatic heterocycles. The van der Waals surface area contributed by atoms with E-state index in [-0.39, 0.29) is 11.9 Å². The first-order valence-corrected chi connectivity index (χ1v) is 13.4. The Morgan fingerprint density at radius 3 is 2.50 bits per heavy atom. The third-order valence-electron chi connectivity index (χ3n) is 6.27. The van der Waals surface area contributed by atoms with E-state index in [1.54, 1.807) is 11.3 Å². The van der Waals surface area contributed by atoms with Gasteiger partial charge < -0.3 is 9.47 Å². The predicted octanol–water partition coefficient (Wildman–Crippen LogP) is 4.57. The highest BCUT2D eigenvalue weighted by molar-refractivity contribution is 7.99. The van der Waals surface area contributed by atoms with E-state index in [2.05, 4.69) is 51.7 Å². The fourth-order valence-electron chi connectivity index (χ4n) is 4.28. The number of fused-ring (bicyclic) bond motifs is 1. The second-order valence-electron chi connectivity index (χ2n) is 8.32. The third kappa shape index (κ3) is 4.73. The molecule has 1 saturated heterocycles. The van der Waals surface area contributed by atoms with Gasteiger partial charge in [0.15, 0.2) is 11.0 Å². The van der Waals surface area contributed by atoms with Gasteiger partial charge in [-0.15, -0.1) is 21.5 Å². The molecule has 34 heavy (non-hydrogen) atoms. The first kappa shape index (κ1) is 23.0. The normalized spacial score (nSPS) is 15.6. The quantitative estimate of drug-likeness (QED) is 0.352. The number of hydrogen-bond donors (Lipinski definition) is 0. The maximum atomic E-state index is 12.9. The number of carbonyl (C=O) groups is 1. The minimum atomic E-state index is 0.157.